The summed E-state index contributed by atoms with van der Waals surface area (Å²) in [4.78, 5) is 14.3. The molecule has 0 radical (unpaired) electrons. The Bertz CT molecular complexity index is 287. The number of rotatable bonds is 10. The van der Waals surface area contributed by atoms with Crippen molar-refractivity contribution in [2.75, 3.05) is 39.4 Å². The van der Waals surface area contributed by atoms with Gasteiger partial charge in [-0.2, -0.15) is 0 Å². The lowest BCUT2D eigenvalue weighted by Crippen LogP contribution is -2.44. The first kappa shape index (κ1) is 18.4. The second kappa shape index (κ2) is 11.0. The number of nitrogens with one attached hydrogen (secondary N) is 1. The van der Waals surface area contributed by atoms with Crippen LogP contribution in [0.4, 0.5) is 0 Å². The first-order chi connectivity index (χ1) is 10.2. The first-order valence-electron chi connectivity index (χ1n) is 8.45. The van der Waals surface area contributed by atoms with E-state index in [4.69, 9.17) is 9.47 Å². The van der Waals surface area contributed by atoms with Crippen LogP contribution in [0.5, 0.6) is 0 Å². The van der Waals surface area contributed by atoms with E-state index >= 15 is 0 Å². The van der Waals surface area contributed by atoms with Gasteiger partial charge in [0.25, 0.3) is 0 Å². The van der Waals surface area contributed by atoms with Crippen LogP contribution in [-0.4, -0.2) is 62.4 Å². The molecule has 0 saturated carbocycles. The van der Waals surface area contributed by atoms with Gasteiger partial charge in [-0.3, -0.25) is 4.79 Å². The standard InChI is InChI=1S/C16H32N2O3/c1-4-12-21-14-8-7-10-18(13-14)11-9-15(17-5-2)16(19)20-6-3/h14-15,17H,4-13H2,1-3H3. The molecule has 0 bridgehead atoms. The van der Waals surface area contributed by atoms with Gasteiger partial charge in [-0.05, 0) is 45.7 Å². The van der Waals surface area contributed by atoms with Crippen molar-refractivity contribution >= 4 is 5.97 Å². The van der Waals surface area contributed by atoms with E-state index in [0.29, 0.717) is 12.7 Å². The average Bonchev–Trinajstić information content (AvgIpc) is 2.50. The van der Waals surface area contributed by atoms with Gasteiger partial charge in [-0.15, -0.1) is 0 Å². The lowest BCUT2D eigenvalue weighted by molar-refractivity contribution is -0.146. The van der Waals surface area contributed by atoms with E-state index in [1.807, 2.05) is 13.8 Å². The molecule has 1 aliphatic heterocycles. The summed E-state index contributed by atoms with van der Waals surface area (Å²) in [5.41, 5.74) is 0. The fraction of sp³-hybridized carbons (Fsp3) is 0.938. The molecule has 21 heavy (non-hydrogen) atoms. The molecule has 0 spiro atoms. The monoisotopic (exact) mass is 300 g/mol. The van der Waals surface area contributed by atoms with Gasteiger partial charge in [-0.1, -0.05) is 13.8 Å². The van der Waals surface area contributed by atoms with Crippen molar-refractivity contribution in [2.24, 2.45) is 0 Å². The first-order valence-corrected chi connectivity index (χ1v) is 8.45. The van der Waals surface area contributed by atoms with E-state index in [2.05, 4.69) is 17.1 Å². The molecule has 1 fully saturated rings. The Balaban J connectivity index is 2.34. The summed E-state index contributed by atoms with van der Waals surface area (Å²) >= 11 is 0. The van der Waals surface area contributed by atoms with Crippen molar-refractivity contribution in [3.05, 3.63) is 0 Å². The summed E-state index contributed by atoms with van der Waals surface area (Å²) in [6.07, 6.45) is 4.57. The maximum absolute atomic E-state index is 11.9. The van der Waals surface area contributed by atoms with Gasteiger partial charge in [0, 0.05) is 19.7 Å². The Hall–Kier alpha value is -0.650. The SMILES string of the molecule is CCCOC1CCCN(CCC(NCC)C(=O)OCC)C1. The molecule has 0 aromatic rings. The molecule has 2 unspecified atom stereocenters. The third kappa shape index (κ3) is 7.25. The minimum Gasteiger partial charge on any atom is -0.465 e. The van der Waals surface area contributed by atoms with Crippen LogP contribution in [0, 0.1) is 0 Å². The molecule has 1 heterocycles. The van der Waals surface area contributed by atoms with Crippen LogP contribution in [0.2, 0.25) is 0 Å². The van der Waals surface area contributed by atoms with Gasteiger partial charge in [0.1, 0.15) is 6.04 Å². The molecule has 0 amide bonds. The van der Waals surface area contributed by atoms with Gasteiger partial charge in [-0.25, -0.2) is 0 Å². The van der Waals surface area contributed by atoms with Crippen LogP contribution >= 0.6 is 0 Å². The number of hydrogen-bond acceptors (Lipinski definition) is 5. The number of esters is 1. The fourth-order valence-corrected chi connectivity index (χ4v) is 2.74. The van der Waals surface area contributed by atoms with Crippen LogP contribution in [0.25, 0.3) is 0 Å². The van der Waals surface area contributed by atoms with Gasteiger partial charge in [0.15, 0.2) is 0 Å². The summed E-state index contributed by atoms with van der Waals surface area (Å²) in [6.45, 7) is 11.1. The molecule has 0 aromatic carbocycles. The number of hydrogen-bond donors (Lipinski definition) is 1. The number of likely N-dealkylation sites (N-methyl/N-ethyl adjacent to an activating group) is 1. The zero-order valence-electron chi connectivity index (χ0n) is 13.9. The van der Waals surface area contributed by atoms with E-state index in [1.54, 1.807) is 0 Å². The highest BCUT2D eigenvalue weighted by molar-refractivity contribution is 5.75. The number of piperidine rings is 1. The highest BCUT2D eigenvalue weighted by atomic mass is 16.5. The van der Waals surface area contributed by atoms with E-state index in [-0.39, 0.29) is 12.0 Å². The highest BCUT2D eigenvalue weighted by Gasteiger charge is 2.23. The molecule has 5 heteroatoms. The number of nitrogens with zero attached hydrogens (tertiary/aromatic N) is 1. The zero-order valence-corrected chi connectivity index (χ0v) is 13.9. The number of ether oxygens (including phenoxy) is 2. The third-order valence-corrected chi connectivity index (χ3v) is 3.78. The Kier molecular flexibility index (Phi) is 9.63. The summed E-state index contributed by atoms with van der Waals surface area (Å²) in [5, 5.41) is 3.22. The van der Waals surface area contributed by atoms with Crippen molar-refractivity contribution in [3.8, 4) is 0 Å². The van der Waals surface area contributed by atoms with Crippen LogP contribution in [-0.2, 0) is 14.3 Å². The van der Waals surface area contributed by atoms with Crippen molar-refractivity contribution in [1.29, 1.82) is 0 Å². The summed E-state index contributed by atoms with van der Waals surface area (Å²) in [7, 11) is 0. The second-order valence-electron chi connectivity index (χ2n) is 5.59. The van der Waals surface area contributed by atoms with Gasteiger partial charge < -0.3 is 19.7 Å². The van der Waals surface area contributed by atoms with Crippen molar-refractivity contribution in [1.82, 2.24) is 10.2 Å². The lowest BCUT2D eigenvalue weighted by atomic mass is 10.1. The van der Waals surface area contributed by atoms with Crippen molar-refractivity contribution < 1.29 is 14.3 Å². The topological polar surface area (TPSA) is 50.8 Å². The molecule has 1 saturated heterocycles. The Morgan fingerprint density at radius 2 is 2.19 bits per heavy atom. The number of carbonyl (C=O) groups is 1. The molecular weight excluding hydrogens is 268 g/mol. The number of likely N-dealkylation sites (tertiary alicyclic amines) is 1. The van der Waals surface area contributed by atoms with Crippen LogP contribution in [0.1, 0.15) is 46.5 Å². The Morgan fingerprint density at radius 1 is 1.38 bits per heavy atom. The van der Waals surface area contributed by atoms with Crippen LogP contribution in [0.3, 0.4) is 0 Å². The number of carbonyl (C=O) groups excluding carboxylic acids is 1. The van der Waals surface area contributed by atoms with Crippen LogP contribution < -0.4 is 5.32 Å². The van der Waals surface area contributed by atoms with Gasteiger partial charge in [0.05, 0.1) is 12.7 Å². The van der Waals surface area contributed by atoms with E-state index < -0.39 is 0 Å². The van der Waals surface area contributed by atoms with Crippen molar-refractivity contribution in [3.63, 3.8) is 0 Å². The Morgan fingerprint density at radius 3 is 2.86 bits per heavy atom. The molecule has 1 N–H and O–H groups in total. The van der Waals surface area contributed by atoms with Crippen LogP contribution in [0.15, 0.2) is 0 Å². The van der Waals surface area contributed by atoms with Crippen molar-refractivity contribution in [2.45, 2.75) is 58.6 Å². The molecule has 1 rings (SSSR count). The Labute approximate surface area is 129 Å². The maximum atomic E-state index is 11.9. The fourth-order valence-electron chi connectivity index (χ4n) is 2.74. The molecule has 0 aliphatic carbocycles. The van der Waals surface area contributed by atoms with E-state index in [0.717, 1.165) is 52.0 Å². The van der Waals surface area contributed by atoms with E-state index in [1.165, 1.54) is 6.42 Å². The second-order valence-corrected chi connectivity index (χ2v) is 5.59. The predicted molar refractivity (Wildman–Crippen MR) is 84.4 cm³/mol. The summed E-state index contributed by atoms with van der Waals surface area (Å²) in [5.74, 6) is -0.129. The van der Waals surface area contributed by atoms with E-state index in [9.17, 15) is 4.79 Å². The third-order valence-electron chi connectivity index (χ3n) is 3.78. The summed E-state index contributed by atoms with van der Waals surface area (Å²) < 4.78 is 11.0. The maximum Gasteiger partial charge on any atom is 0.323 e. The predicted octanol–water partition coefficient (Wildman–Crippen LogP) is 1.81. The molecule has 2 atom stereocenters. The molecule has 0 aromatic heterocycles. The normalized spacial score (nSPS) is 21.2. The van der Waals surface area contributed by atoms with Gasteiger partial charge >= 0.3 is 5.97 Å². The quantitative estimate of drug-likeness (QED) is 0.624. The summed E-state index contributed by atoms with van der Waals surface area (Å²) in [6, 6.07) is -0.188. The molecule has 1 aliphatic rings. The van der Waals surface area contributed by atoms with Gasteiger partial charge in [0.2, 0.25) is 0 Å². The molecular formula is C16H32N2O3. The largest absolute Gasteiger partial charge is 0.465 e. The minimum absolute atomic E-state index is 0.129. The smallest absolute Gasteiger partial charge is 0.323 e. The highest BCUT2D eigenvalue weighted by Crippen LogP contribution is 2.14. The average molecular weight is 300 g/mol. The lowest BCUT2D eigenvalue weighted by Gasteiger charge is -2.33. The minimum atomic E-state index is -0.188. The zero-order chi connectivity index (χ0) is 15.5. The molecule has 124 valence electrons. The molecule has 5 nitrogen and oxygen atoms in total.